The highest BCUT2D eigenvalue weighted by Crippen LogP contribution is 2.24. The molecule has 0 unspecified atom stereocenters. The van der Waals surface area contributed by atoms with Crippen molar-refractivity contribution in [2.24, 2.45) is 4.99 Å². The van der Waals surface area contributed by atoms with Crippen LogP contribution in [0.15, 0.2) is 58.4 Å². The lowest BCUT2D eigenvalue weighted by Gasteiger charge is -2.18. The van der Waals surface area contributed by atoms with E-state index in [2.05, 4.69) is 50.0 Å². The van der Waals surface area contributed by atoms with Crippen LogP contribution in [-0.2, 0) is 15.4 Å². The van der Waals surface area contributed by atoms with Gasteiger partial charge in [-0.25, -0.2) is 8.42 Å². The lowest BCUT2D eigenvalue weighted by molar-refractivity contribution is 0.477. The minimum absolute atomic E-state index is 0.131. The zero-order valence-electron chi connectivity index (χ0n) is 15.6. The van der Waals surface area contributed by atoms with Crippen molar-refractivity contribution >= 4 is 21.9 Å². The van der Waals surface area contributed by atoms with E-state index in [1.165, 1.54) is 5.56 Å². The number of nitrogens with zero attached hydrogens (tertiary/aromatic N) is 2. The SMILES string of the molecule is CC(C)(C)c1ccc(C=Nc2ccc(S(=O)(=O)N3CCCC3)cc2)cc1. The molecule has 0 aromatic heterocycles. The monoisotopic (exact) mass is 370 g/mol. The van der Waals surface area contributed by atoms with Gasteiger partial charge in [0.05, 0.1) is 10.6 Å². The van der Waals surface area contributed by atoms with Gasteiger partial charge in [-0.3, -0.25) is 4.99 Å². The smallest absolute Gasteiger partial charge is 0.243 e. The van der Waals surface area contributed by atoms with E-state index in [9.17, 15) is 8.42 Å². The van der Waals surface area contributed by atoms with Gasteiger partial charge in [-0.15, -0.1) is 0 Å². The molecule has 3 rings (SSSR count). The first-order valence-corrected chi connectivity index (χ1v) is 10.5. The van der Waals surface area contributed by atoms with Gasteiger partial charge < -0.3 is 0 Å². The van der Waals surface area contributed by atoms with Gasteiger partial charge in [0.1, 0.15) is 0 Å². The van der Waals surface area contributed by atoms with E-state index in [4.69, 9.17) is 0 Å². The van der Waals surface area contributed by atoms with Crippen molar-refractivity contribution in [2.75, 3.05) is 13.1 Å². The molecule has 2 aromatic carbocycles. The van der Waals surface area contributed by atoms with E-state index in [0.717, 1.165) is 24.1 Å². The number of benzene rings is 2. The first-order chi connectivity index (χ1) is 12.3. The number of sulfonamides is 1. The van der Waals surface area contributed by atoms with E-state index >= 15 is 0 Å². The predicted molar refractivity (Wildman–Crippen MR) is 107 cm³/mol. The van der Waals surface area contributed by atoms with Crippen molar-refractivity contribution in [1.82, 2.24) is 4.31 Å². The summed E-state index contributed by atoms with van der Waals surface area (Å²) < 4.78 is 26.6. The fourth-order valence-corrected chi connectivity index (χ4v) is 4.52. The Kier molecular flexibility index (Phi) is 5.30. The summed E-state index contributed by atoms with van der Waals surface area (Å²) in [5, 5.41) is 0. The van der Waals surface area contributed by atoms with Crippen molar-refractivity contribution in [3.63, 3.8) is 0 Å². The van der Waals surface area contributed by atoms with Crippen molar-refractivity contribution in [3.05, 3.63) is 59.7 Å². The molecule has 2 aromatic rings. The molecule has 1 aliphatic rings. The molecule has 0 amide bonds. The molecule has 1 fully saturated rings. The van der Waals surface area contributed by atoms with Gasteiger partial charge in [-0.05, 0) is 53.6 Å². The van der Waals surface area contributed by atoms with E-state index in [-0.39, 0.29) is 5.41 Å². The maximum atomic E-state index is 12.5. The van der Waals surface area contributed by atoms with Crippen LogP contribution in [0.2, 0.25) is 0 Å². The Morgan fingerprint density at radius 1 is 0.923 bits per heavy atom. The third kappa shape index (κ3) is 4.22. The molecule has 0 bridgehead atoms. The van der Waals surface area contributed by atoms with Crippen molar-refractivity contribution < 1.29 is 8.42 Å². The van der Waals surface area contributed by atoms with Crippen molar-refractivity contribution in [2.45, 2.75) is 43.9 Å². The minimum atomic E-state index is -3.36. The van der Waals surface area contributed by atoms with Crippen LogP contribution in [0.1, 0.15) is 44.7 Å². The molecule has 0 aliphatic carbocycles. The summed E-state index contributed by atoms with van der Waals surface area (Å²) in [6.45, 7) is 7.80. The molecule has 0 radical (unpaired) electrons. The fraction of sp³-hybridized carbons (Fsp3) is 0.381. The van der Waals surface area contributed by atoms with Gasteiger partial charge in [0, 0.05) is 19.3 Å². The maximum absolute atomic E-state index is 12.5. The van der Waals surface area contributed by atoms with E-state index in [1.807, 2.05) is 0 Å². The lowest BCUT2D eigenvalue weighted by Crippen LogP contribution is -2.27. The molecule has 0 atom stereocenters. The maximum Gasteiger partial charge on any atom is 0.243 e. The number of hydrogen-bond acceptors (Lipinski definition) is 3. The third-order valence-electron chi connectivity index (χ3n) is 4.68. The summed E-state index contributed by atoms with van der Waals surface area (Å²) in [4.78, 5) is 4.80. The molecule has 4 nitrogen and oxygen atoms in total. The van der Waals surface area contributed by atoms with Crippen LogP contribution in [0.3, 0.4) is 0 Å². The molecule has 0 saturated carbocycles. The fourth-order valence-electron chi connectivity index (χ4n) is 3.00. The summed E-state index contributed by atoms with van der Waals surface area (Å²) in [6.07, 6.45) is 3.68. The molecule has 1 saturated heterocycles. The average molecular weight is 371 g/mol. The predicted octanol–water partition coefficient (Wildman–Crippen LogP) is 4.52. The van der Waals surface area contributed by atoms with Crippen LogP contribution in [0.4, 0.5) is 5.69 Å². The van der Waals surface area contributed by atoms with Crippen LogP contribution in [-0.4, -0.2) is 32.0 Å². The minimum Gasteiger partial charge on any atom is -0.256 e. The third-order valence-corrected chi connectivity index (χ3v) is 6.59. The van der Waals surface area contributed by atoms with Crippen LogP contribution in [0, 0.1) is 0 Å². The van der Waals surface area contributed by atoms with Gasteiger partial charge >= 0.3 is 0 Å². The first-order valence-electron chi connectivity index (χ1n) is 9.02. The van der Waals surface area contributed by atoms with E-state index in [0.29, 0.717) is 18.0 Å². The van der Waals surface area contributed by atoms with Gasteiger partial charge in [0.2, 0.25) is 10.0 Å². The molecule has 5 heteroatoms. The average Bonchev–Trinajstić information content (AvgIpc) is 3.15. The Labute approximate surface area is 156 Å². The molecule has 0 N–H and O–H groups in total. The molecular weight excluding hydrogens is 344 g/mol. The van der Waals surface area contributed by atoms with Crippen LogP contribution in [0.5, 0.6) is 0 Å². The second-order valence-electron chi connectivity index (χ2n) is 7.74. The summed E-state index contributed by atoms with van der Waals surface area (Å²) >= 11 is 0. The van der Waals surface area contributed by atoms with Gasteiger partial charge in [-0.1, -0.05) is 45.0 Å². The van der Waals surface area contributed by atoms with Crippen molar-refractivity contribution in [1.29, 1.82) is 0 Å². The van der Waals surface area contributed by atoms with Gasteiger partial charge in [-0.2, -0.15) is 4.31 Å². The molecule has 1 aliphatic heterocycles. The highest BCUT2D eigenvalue weighted by atomic mass is 32.2. The molecular formula is C21H26N2O2S. The van der Waals surface area contributed by atoms with E-state index in [1.54, 1.807) is 34.8 Å². The van der Waals surface area contributed by atoms with Crippen LogP contribution < -0.4 is 0 Å². The second kappa shape index (κ2) is 7.33. The largest absolute Gasteiger partial charge is 0.256 e. The first kappa shape index (κ1) is 18.8. The zero-order chi connectivity index (χ0) is 18.8. The molecule has 138 valence electrons. The number of rotatable bonds is 4. The Balaban J connectivity index is 1.72. The van der Waals surface area contributed by atoms with Gasteiger partial charge in [0.15, 0.2) is 0 Å². The van der Waals surface area contributed by atoms with Gasteiger partial charge in [0.25, 0.3) is 0 Å². The number of aliphatic imine (C=N–C) groups is 1. The highest BCUT2D eigenvalue weighted by Gasteiger charge is 2.26. The standard InChI is InChI=1S/C21H26N2O2S/c1-21(2,3)18-8-6-17(7-9-18)16-22-19-10-12-20(13-11-19)26(24,25)23-14-4-5-15-23/h6-13,16H,4-5,14-15H2,1-3H3. The molecule has 26 heavy (non-hydrogen) atoms. The normalized spacial score (nSPS) is 16.4. The Morgan fingerprint density at radius 3 is 2.04 bits per heavy atom. The highest BCUT2D eigenvalue weighted by molar-refractivity contribution is 7.89. The summed E-state index contributed by atoms with van der Waals surface area (Å²) in [6, 6.07) is 15.1. The summed E-state index contributed by atoms with van der Waals surface area (Å²) in [5.74, 6) is 0. The molecule has 1 heterocycles. The quantitative estimate of drug-likeness (QED) is 0.743. The lowest BCUT2D eigenvalue weighted by atomic mass is 9.87. The number of hydrogen-bond donors (Lipinski definition) is 0. The summed E-state index contributed by atoms with van der Waals surface area (Å²) in [5.41, 5.74) is 3.18. The van der Waals surface area contributed by atoms with Crippen LogP contribution in [0.25, 0.3) is 0 Å². The van der Waals surface area contributed by atoms with E-state index < -0.39 is 10.0 Å². The Hall–Kier alpha value is -1.98. The Morgan fingerprint density at radius 2 is 1.50 bits per heavy atom. The zero-order valence-corrected chi connectivity index (χ0v) is 16.5. The topological polar surface area (TPSA) is 49.7 Å². The molecule has 0 spiro atoms. The van der Waals surface area contributed by atoms with Crippen molar-refractivity contribution in [3.8, 4) is 0 Å². The Bertz CT molecular complexity index is 871. The van der Waals surface area contributed by atoms with Crippen LogP contribution >= 0.6 is 0 Å². The second-order valence-corrected chi connectivity index (χ2v) is 9.67. The summed E-state index contributed by atoms with van der Waals surface area (Å²) in [7, 11) is -3.36.